The fourth-order valence-electron chi connectivity index (χ4n) is 2.80. The van der Waals surface area contributed by atoms with E-state index in [-0.39, 0.29) is 29.3 Å². The Morgan fingerprint density at radius 1 is 1.48 bits per heavy atom. The van der Waals surface area contributed by atoms with Crippen LogP contribution >= 0.6 is 0 Å². The summed E-state index contributed by atoms with van der Waals surface area (Å²) in [5.74, 6) is -0.676. The van der Waals surface area contributed by atoms with Crippen molar-refractivity contribution in [3.63, 3.8) is 0 Å². The molecule has 21 heavy (non-hydrogen) atoms. The smallest absolute Gasteiger partial charge is 0.342 e. The van der Waals surface area contributed by atoms with Crippen molar-refractivity contribution in [1.82, 2.24) is 14.5 Å². The maximum Gasteiger partial charge on any atom is 0.342 e. The summed E-state index contributed by atoms with van der Waals surface area (Å²) < 4.78 is 32.1. The highest BCUT2D eigenvalue weighted by atomic mass is 32.2. The zero-order chi connectivity index (χ0) is 15.6. The molecule has 118 valence electrons. The van der Waals surface area contributed by atoms with Crippen molar-refractivity contribution >= 4 is 16.0 Å². The zero-order valence-electron chi connectivity index (χ0n) is 12.5. The Bertz CT molecular complexity index is 611. The van der Waals surface area contributed by atoms with Gasteiger partial charge in [-0.1, -0.05) is 6.92 Å². The van der Waals surface area contributed by atoms with Gasteiger partial charge in [0.2, 0.25) is 0 Å². The number of H-pyrrole nitrogens is 1. The number of carbonyl (C=O) groups excluding carboxylic acids is 1. The van der Waals surface area contributed by atoms with Crippen molar-refractivity contribution in [3.05, 3.63) is 11.8 Å². The normalized spacial score (nSPS) is 23.4. The fourth-order valence-corrected chi connectivity index (χ4v) is 4.81. The van der Waals surface area contributed by atoms with Crippen LogP contribution in [0, 0.1) is 0 Å². The minimum Gasteiger partial charge on any atom is -0.462 e. The van der Waals surface area contributed by atoms with E-state index in [2.05, 4.69) is 10.2 Å². The van der Waals surface area contributed by atoms with E-state index >= 15 is 0 Å². The number of hydrogen-bond acceptors (Lipinski definition) is 5. The first-order chi connectivity index (χ1) is 9.93. The SMILES string of the molecule is CCOC(=O)c1cn[nH]c1S(=O)(=O)N1C(C)CCC1CC. The summed E-state index contributed by atoms with van der Waals surface area (Å²) in [6.45, 7) is 5.70. The van der Waals surface area contributed by atoms with Crippen LogP contribution < -0.4 is 0 Å². The fraction of sp³-hybridized carbons (Fsp3) is 0.692. The van der Waals surface area contributed by atoms with E-state index in [1.54, 1.807) is 6.92 Å². The van der Waals surface area contributed by atoms with E-state index in [0.717, 1.165) is 19.3 Å². The summed E-state index contributed by atoms with van der Waals surface area (Å²) in [5, 5.41) is 5.98. The molecule has 2 rings (SSSR count). The molecule has 0 aliphatic carbocycles. The van der Waals surface area contributed by atoms with Gasteiger partial charge in [-0.05, 0) is 33.1 Å². The molecule has 1 aliphatic rings. The molecule has 8 heteroatoms. The van der Waals surface area contributed by atoms with Gasteiger partial charge < -0.3 is 4.74 Å². The van der Waals surface area contributed by atoms with E-state index in [4.69, 9.17) is 4.74 Å². The average molecular weight is 315 g/mol. The molecule has 0 aromatic carbocycles. The molecule has 0 amide bonds. The monoisotopic (exact) mass is 315 g/mol. The first-order valence-corrected chi connectivity index (χ1v) is 8.61. The average Bonchev–Trinajstić information content (AvgIpc) is 3.05. The molecule has 2 atom stereocenters. The van der Waals surface area contributed by atoms with Crippen LogP contribution in [0.25, 0.3) is 0 Å². The molecule has 1 saturated heterocycles. The Balaban J connectivity index is 2.41. The first kappa shape index (κ1) is 16.0. The van der Waals surface area contributed by atoms with Crippen LogP contribution in [-0.2, 0) is 14.8 Å². The first-order valence-electron chi connectivity index (χ1n) is 7.17. The van der Waals surface area contributed by atoms with Gasteiger partial charge >= 0.3 is 5.97 Å². The molecule has 0 radical (unpaired) electrons. The van der Waals surface area contributed by atoms with Gasteiger partial charge in [-0.2, -0.15) is 9.40 Å². The topological polar surface area (TPSA) is 92.4 Å². The molecule has 0 spiro atoms. The lowest BCUT2D eigenvalue weighted by Gasteiger charge is -2.26. The lowest BCUT2D eigenvalue weighted by atomic mass is 10.2. The Morgan fingerprint density at radius 3 is 2.81 bits per heavy atom. The third-order valence-corrected chi connectivity index (χ3v) is 5.86. The number of aromatic nitrogens is 2. The van der Waals surface area contributed by atoms with Crippen molar-refractivity contribution < 1.29 is 17.9 Å². The number of sulfonamides is 1. The maximum absolute atomic E-state index is 12.9. The van der Waals surface area contributed by atoms with Crippen molar-refractivity contribution in [3.8, 4) is 0 Å². The highest BCUT2D eigenvalue weighted by molar-refractivity contribution is 7.89. The number of hydrogen-bond donors (Lipinski definition) is 1. The maximum atomic E-state index is 12.9. The molecular weight excluding hydrogens is 294 g/mol. The van der Waals surface area contributed by atoms with E-state index in [1.165, 1.54) is 10.5 Å². The number of esters is 1. The largest absolute Gasteiger partial charge is 0.462 e. The van der Waals surface area contributed by atoms with E-state index in [9.17, 15) is 13.2 Å². The molecule has 0 saturated carbocycles. The predicted molar refractivity (Wildman–Crippen MR) is 76.3 cm³/mol. The number of nitrogens with zero attached hydrogens (tertiary/aromatic N) is 2. The lowest BCUT2D eigenvalue weighted by molar-refractivity contribution is 0.0521. The summed E-state index contributed by atoms with van der Waals surface area (Å²) in [5.41, 5.74) is -0.0363. The Hall–Kier alpha value is -1.41. The second-order valence-corrected chi connectivity index (χ2v) is 6.94. The van der Waals surface area contributed by atoms with Gasteiger partial charge in [-0.3, -0.25) is 5.10 Å². The molecule has 1 N–H and O–H groups in total. The Labute approximate surface area is 124 Å². The standard InChI is InChI=1S/C13H21N3O4S/c1-4-10-7-6-9(3)16(10)21(18,19)12-11(8-14-15-12)13(17)20-5-2/h8-10H,4-7H2,1-3H3,(H,14,15). The van der Waals surface area contributed by atoms with Gasteiger partial charge in [-0.15, -0.1) is 0 Å². The van der Waals surface area contributed by atoms with Crippen LogP contribution in [0.15, 0.2) is 11.2 Å². The third kappa shape index (κ3) is 2.82. The third-order valence-electron chi connectivity index (χ3n) is 3.82. The predicted octanol–water partition coefficient (Wildman–Crippen LogP) is 1.54. The quantitative estimate of drug-likeness (QED) is 0.832. The second-order valence-electron chi connectivity index (χ2n) is 5.16. The number of aromatic amines is 1. The molecule has 1 aliphatic heterocycles. The van der Waals surface area contributed by atoms with Gasteiger partial charge in [-0.25, -0.2) is 13.2 Å². The summed E-state index contributed by atoms with van der Waals surface area (Å²) in [4.78, 5) is 11.9. The molecule has 7 nitrogen and oxygen atoms in total. The highest BCUT2D eigenvalue weighted by Crippen LogP contribution is 2.32. The lowest BCUT2D eigenvalue weighted by Crippen LogP contribution is -2.40. The zero-order valence-corrected chi connectivity index (χ0v) is 13.3. The second kappa shape index (κ2) is 6.15. The molecule has 0 bridgehead atoms. The Kier molecular flexibility index (Phi) is 4.67. The Morgan fingerprint density at radius 2 is 2.19 bits per heavy atom. The number of rotatable bonds is 5. The van der Waals surface area contributed by atoms with Crippen molar-refractivity contribution in [1.29, 1.82) is 0 Å². The summed E-state index contributed by atoms with van der Waals surface area (Å²) in [7, 11) is -3.79. The number of carbonyl (C=O) groups is 1. The van der Waals surface area contributed by atoms with E-state index in [1.807, 2.05) is 13.8 Å². The van der Waals surface area contributed by atoms with Crippen molar-refractivity contribution in [2.45, 2.75) is 57.1 Å². The van der Waals surface area contributed by atoms with E-state index in [0.29, 0.717) is 0 Å². The molecule has 1 aromatic heterocycles. The van der Waals surface area contributed by atoms with E-state index < -0.39 is 16.0 Å². The number of ether oxygens (including phenoxy) is 1. The van der Waals surface area contributed by atoms with Crippen molar-refractivity contribution in [2.75, 3.05) is 6.61 Å². The summed E-state index contributed by atoms with van der Waals surface area (Å²) in [6.07, 6.45) is 3.60. The molecular formula is C13H21N3O4S. The number of nitrogens with one attached hydrogen (secondary N) is 1. The molecule has 1 aromatic rings. The van der Waals surface area contributed by atoms with Gasteiger partial charge in [0.25, 0.3) is 10.0 Å². The highest BCUT2D eigenvalue weighted by Gasteiger charge is 2.41. The molecule has 2 unspecified atom stereocenters. The van der Waals surface area contributed by atoms with Crippen LogP contribution in [0.4, 0.5) is 0 Å². The minimum atomic E-state index is -3.79. The van der Waals surface area contributed by atoms with Gasteiger partial charge in [0.15, 0.2) is 5.03 Å². The van der Waals surface area contributed by atoms with Crippen LogP contribution in [0.3, 0.4) is 0 Å². The molecule has 1 fully saturated rings. The van der Waals surface area contributed by atoms with Crippen LogP contribution in [0.2, 0.25) is 0 Å². The van der Waals surface area contributed by atoms with Crippen LogP contribution in [0.5, 0.6) is 0 Å². The summed E-state index contributed by atoms with van der Waals surface area (Å²) in [6, 6.07) is -0.123. The summed E-state index contributed by atoms with van der Waals surface area (Å²) >= 11 is 0. The van der Waals surface area contributed by atoms with Gasteiger partial charge in [0.1, 0.15) is 5.56 Å². The van der Waals surface area contributed by atoms with Gasteiger partial charge in [0.05, 0.1) is 12.8 Å². The molecule has 2 heterocycles. The van der Waals surface area contributed by atoms with Crippen LogP contribution in [-0.4, -0.2) is 47.6 Å². The van der Waals surface area contributed by atoms with Crippen LogP contribution in [0.1, 0.15) is 50.4 Å². The van der Waals surface area contributed by atoms with Gasteiger partial charge in [0, 0.05) is 12.1 Å². The minimum absolute atomic E-state index is 0.0363. The van der Waals surface area contributed by atoms with Crippen molar-refractivity contribution in [2.24, 2.45) is 0 Å².